The van der Waals surface area contributed by atoms with E-state index >= 15 is 0 Å². The second-order valence-electron chi connectivity index (χ2n) is 3.93. The first-order valence-electron chi connectivity index (χ1n) is 3.99. The van der Waals surface area contributed by atoms with Crippen molar-refractivity contribution in [2.24, 2.45) is 11.5 Å². The van der Waals surface area contributed by atoms with Gasteiger partial charge in [-0.05, 0) is 27.2 Å². The van der Waals surface area contributed by atoms with Crippen LogP contribution in [0.4, 0.5) is 0 Å². The summed E-state index contributed by atoms with van der Waals surface area (Å²) in [6.07, 6.45) is 0.0932. The average Bonchev–Trinajstić information content (AvgIpc) is 1.83. The Balaban J connectivity index is 4.45. The van der Waals surface area contributed by atoms with Crippen molar-refractivity contribution in [3.63, 3.8) is 0 Å². The smallest absolute Gasteiger partial charge is 0.0732 e. The lowest BCUT2D eigenvalue weighted by molar-refractivity contribution is 0.0515. The second kappa shape index (κ2) is 3.09. The molecule has 0 aromatic carbocycles. The molecular weight excluding hydrogens is 140 g/mol. The highest BCUT2D eigenvalue weighted by molar-refractivity contribution is 5.02. The fraction of sp³-hybridized carbons (Fsp3) is 1.00. The molecule has 0 aromatic heterocycles. The predicted octanol–water partition coefficient (Wildman–Crippen LogP) is 0.212. The lowest BCUT2D eigenvalue weighted by atomic mass is 9.77. The van der Waals surface area contributed by atoms with Crippen molar-refractivity contribution in [3.05, 3.63) is 0 Å². The Morgan fingerprint density at radius 1 is 1.27 bits per heavy atom. The van der Waals surface area contributed by atoms with E-state index in [2.05, 4.69) is 0 Å². The molecule has 0 radical (unpaired) electrons. The highest BCUT2D eigenvalue weighted by Crippen LogP contribution is 2.21. The minimum absolute atomic E-state index is 0.539. The van der Waals surface area contributed by atoms with E-state index in [1.54, 1.807) is 6.92 Å². The van der Waals surface area contributed by atoms with Gasteiger partial charge in [-0.1, -0.05) is 6.92 Å². The Morgan fingerprint density at radius 2 is 1.64 bits per heavy atom. The highest BCUT2D eigenvalue weighted by Gasteiger charge is 2.39. The zero-order chi connectivity index (χ0) is 9.28. The first-order valence-corrected chi connectivity index (χ1v) is 3.99. The summed E-state index contributed by atoms with van der Waals surface area (Å²) in [6, 6.07) is 0. The molecule has 3 nitrogen and oxygen atoms in total. The van der Waals surface area contributed by atoms with E-state index in [-0.39, 0.29) is 0 Å². The van der Waals surface area contributed by atoms with Crippen LogP contribution < -0.4 is 11.5 Å². The molecule has 5 N–H and O–H groups in total. The molecule has 0 aliphatic rings. The molecule has 2 atom stereocenters. The van der Waals surface area contributed by atoms with Crippen LogP contribution in [0, 0.1) is 0 Å². The van der Waals surface area contributed by atoms with Crippen molar-refractivity contribution >= 4 is 0 Å². The van der Waals surface area contributed by atoms with E-state index in [0.29, 0.717) is 6.42 Å². The second-order valence-corrected chi connectivity index (χ2v) is 3.93. The van der Waals surface area contributed by atoms with Gasteiger partial charge in [0.1, 0.15) is 0 Å². The molecule has 0 amide bonds. The van der Waals surface area contributed by atoms with Crippen LogP contribution in [0.2, 0.25) is 0 Å². The largest absolute Gasteiger partial charge is 0.391 e. The standard InChI is InChI=1S/C8H20N2O/c1-5-6(11)8(4,10)7(2,3)9/h6,11H,5,9-10H2,1-4H3. The van der Waals surface area contributed by atoms with Gasteiger partial charge in [0.25, 0.3) is 0 Å². The number of aliphatic hydroxyl groups excluding tert-OH is 1. The third-order valence-electron chi connectivity index (χ3n) is 2.47. The number of aliphatic hydroxyl groups is 1. The molecule has 0 saturated heterocycles. The van der Waals surface area contributed by atoms with Crippen molar-refractivity contribution in [3.8, 4) is 0 Å². The molecule has 0 bridgehead atoms. The summed E-state index contributed by atoms with van der Waals surface area (Å²) in [7, 11) is 0. The van der Waals surface area contributed by atoms with Crippen molar-refractivity contribution in [1.29, 1.82) is 0 Å². The lowest BCUT2D eigenvalue weighted by Crippen LogP contribution is -2.66. The van der Waals surface area contributed by atoms with Crippen LogP contribution in [0.25, 0.3) is 0 Å². The predicted molar refractivity (Wildman–Crippen MR) is 47.2 cm³/mol. The normalized spacial score (nSPS) is 21.0. The van der Waals surface area contributed by atoms with E-state index in [9.17, 15) is 5.11 Å². The van der Waals surface area contributed by atoms with Gasteiger partial charge in [0.15, 0.2) is 0 Å². The Labute approximate surface area is 68.8 Å². The molecule has 11 heavy (non-hydrogen) atoms. The maximum Gasteiger partial charge on any atom is 0.0732 e. The average molecular weight is 160 g/mol. The summed E-state index contributed by atoms with van der Waals surface area (Å²) in [5, 5.41) is 9.52. The van der Waals surface area contributed by atoms with Crippen LogP contribution in [-0.4, -0.2) is 22.3 Å². The number of hydrogen-bond acceptors (Lipinski definition) is 3. The number of hydrogen-bond donors (Lipinski definition) is 3. The van der Waals surface area contributed by atoms with Crippen LogP contribution in [0.15, 0.2) is 0 Å². The zero-order valence-electron chi connectivity index (χ0n) is 7.89. The quantitative estimate of drug-likeness (QED) is 0.552. The molecule has 3 heteroatoms. The number of rotatable bonds is 3. The maximum atomic E-state index is 9.52. The van der Waals surface area contributed by atoms with Gasteiger partial charge in [-0.2, -0.15) is 0 Å². The summed E-state index contributed by atoms with van der Waals surface area (Å²) in [5.74, 6) is 0. The van der Waals surface area contributed by atoms with Crippen molar-refractivity contribution in [2.45, 2.75) is 51.3 Å². The topological polar surface area (TPSA) is 72.3 Å². The van der Waals surface area contributed by atoms with E-state index in [0.717, 1.165) is 0 Å². The fourth-order valence-corrected chi connectivity index (χ4v) is 0.853. The highest BCUT2D eigenvalue weighted by atomic mass is 16.3. The minimum Gasteiger partial charge on any atom is -0.391 e. The van der Waals surface area contributed by atoms with Gasteiger partial charge >= 0.3 is 0 Å². The molecule has 0 spiro atoms. The van der Waals surface area contributed by atoms with Gasteiger partial charge in [0.05, 0.1) is 11.6 Å². The Kier molecular flexibility index (Phi) is 3.06. The lowest BCUT2D eigenvalue weighted by Gasteiger charge is -2.41. The van der Waals surface area contributed by atoms with Gasteiger partial charge in [-0.25, -0.2) is 0 Å². The van der Waals surface area contributed by atoms with Crippen molar-refractivity contribution in [1.82, 2.24) is 0 Å². The maximum absolute atomic E-state index is 9.52. The molecule has 0 fully saturated rings. The molecule has 0 heterocycles. The summed E-state index contributed by atoms with van der Waals surface area (Å²) < 4.78 is 0. The van der Waals surface area contributed by atoms with Gasteiger partial charge in [-0.15, -0.1) is 0 Å². The number of nitrogens with two attached hydrogens (primary N) is 2. The Bertz CT molecular complexity index is 127. The summed E-state index contributed by atoms with van der Waals surface area (Å²) in [4.78, 5) is 0. The first kappa shape index (κ1) is 10.9. The van der Waals surface area contributed by atoms with Gasteiger partial charge in [-0.3, -0.25) is 0 Å². The summed E-state index contributed by atoms with van der Waals surface area (Å²) in [6.45, 7) is 7.32. The van der Waals surface area contributed by atoms with Crippen molar-refractivity contribution < 1.29 is 5.11 Å². The van der Waals surface area contributed by atoms with Crippen molar-refractivity contribution in [2.75, 3.05) is 0 Å². The molecule has 0 saturated carbocycles. The van der Waals surface area contributed by atoms with Gasteiger partial charge in [0, 0.05) is 5.54 Å². The van der Waals surface area contributed by atoms with Crippen LogP contribution in [-0.2, 0) is 0 Å². The third kappa shape index (κ3) is 2.15. The van der Waals surface area contributed by atoms with Crippen LogP contribution in [0.1, 0.15) is 34.1 Å². The van der Waals surface area contributed by atoms with E-state index in [1.807, 2.05) is 20.8 Å². The molecule has 68 valence electrons. The summed E-state index contributed by atoms with van der Waals surface area (Å²) >= 11 is 0. The monoisotopic (exact) mass is 160 g/mol. The third-order valence-corrected chi connectivity index (χ3v) is 2.47. The molecule has 0 aliphatic heterocycles. The SMILES string of the molecule is CCC(O)C(C)(N)C(C)(C)N. The molecule has 0 rings (SSSR count). The molecule has 0 aromatic rings. The van der Waals surface area contributed by atoms with E-state index in [4.69, 9.17) is 11.5 Å². The van der Waals surface area contributed by atoms with E-state index in [1.165, 1.54) is 0 Å². The van der Waals surface area contributed by atoms with Gasteiger partial charge in [0.2, 0.25) is 0 Å². The molecule has 2 unspecified atom stereocenters. The summed E-state index contributed by atoms with van der Waals surface area (Å²) in [5.41, 5.74) is 10.4. The first-order chi connectivity index (χ1) is 4.73. The van der Waals surface area contributed by atoms with Crippen LogP contribution in [0.3, 0.4) is 0 Å². The van der Waals surface area contributed by atoms with Crippen LogP contribution >= 0.6 is 0 Å². The Morgan fingerprint density at radius 3 is 1.73 bits per heavy atom. The van der Waals surface area contributed by atoms with E-state index < -0.39 is 17.2 Å². The molecular formula is C8H20N2O. The molecule has 0 aliphatic carbocycles. The Hall–Kier alpha value is -0.120. The zero-order valence-corrected chi connectivity index (χ0v) is 7.89. The van der Waals surface area contributed by atoms with Crippen LogP contribution in [0.5, 0.6) is 0 Å². The van der Waals surface area contributed by atoms with Gasteiger partial charge < -0.3 is 16.6 Å². The minimum atomic E-state index is -0.720. The fourth-order valence-electron chi connectivity index (χ4n) is 0.853.